The summed E-state index contributed by atoms with van der Waals surface area (Å²) in [5, 5.41) is 0. The van der Waals surface area contributed by atoms with Gasteiger partial charge >= 0.3 is 0 Å². The maximum Gasteiger partial charge on any atom is 0.294 e. The second-order valence-corrected chi connectivity index (χ2v) is 7.01. The molecule has 0 aromatic heterocycles. The summed E-state index contributed by atoms with van der Waals surface area (Å²) in [4.78, 5) is 11.9. The summed E-state index contributed by atoms with van der Waals surface area (Å²) >= 11 is 0. The van der Waals surface area contributed by atoms with Crippen LogP contribution >= 0.6 is 0 Å². The normalized spacial score (nSPS) is 12.6. The lowest BCUT2D eigenvalue weighted by Gasteiger charge is -2.11. The van der Waals surface area contributed by atoms with Gasteiger partial charge in [-0.05, 0) is 54.3 Å². The van der Waals surface area contributed by atoms with Gasteiger partial charge in [-0.25, -0.2) is 0 Å². The molecule has 0 amide bonds. The number of rotatable bonds is 7. The summed E-state index contributed by atoms with van der Waals surface area (Å²) in [6.45, 7) is 4.09. The minimum Gasteiger partial charge on any atom is -0.485 e. The summed E-state index contributed by atoms with van der Waals surface area (Å²) in [6.07, 6.45) is 1.02. The third-order valence-electron chi connectivity index (χ3n) is 3.88. The first-order valence-corrected chi connectivity index (χ1v) is 9.08. The van der Waals surface area contributed by atoms with Crippen LogP contribution in [0.25, 0.3) is 0 Å². The van der Waals surface area contributed by atoms with Gasteiger partial charge < -0.3 is 4.74 Å². The third-order valence-corrected chi connectivity index (χ3v) is 4.75. The van der Waals surface area contributed by atoms with E-state index < -0.39 is 10.1 Å². The largest absolute Gasteiger partial charge is 0.485 e. The molecule has 0 heterocycles. The molecule has 2 aromatic carbocycles. The van der Waals surface area contributed by atoms with E-state index in [1.54, 1.807) is 6.07 Å². The van der Waals surface area contributed by atoms with Crippen LogP contribution in [0.15, 0.2) is 53.4 Å². The lowest BCUT2D eigenvalue weighted by Crippen LogP contribution is -2.12. The van der Waals surface area contributed by atoms with Crippen LogP contribution in [0.5, 0.6) is 5.75 Å². The van der Waals surface area contributed by atoms with Crippen LogP contribution in [-0.2, 0) is 10.1 Å². The van der Waals surface area contributed by atoms with Crippen molar-refractivity contribution in [2.45, 2.75) is 31.1 Å². The average molecular weight is 348 g/mol. The van der Waals surface area contributed by atoms with Gasteiger partial charge in [-0.1, -0.05) is 26.0 Å². The highest BCUT2D eigenvalue weighted by Crippen LogP contribution is 2.23. The highest BCUT2D eigenvalue weighted by molar-refractivity contribution is 7.85. The lowest BCUT2D eigenvalue weighted by molar-refractivity contribution is 0.0921. The fourth-order valence-electron chi connectivity index (χ4n) is 2.19. The van der Waals surface area contributed by atoms with E-state index in [0.717, 1.165) is 12.0 Å². The molecule has 0 saturated heterocycles. The molecular formula is C18H20O5S. The molecule has 0 aliphatic heterocycles. The Hall–Kier alpha value is -2.18. The first kappa shape index (κ1) is 18.2. The Morgan fingerprint density at radius 3 is 2.42 bits per heavy atom. The Balaban J connectivity index is 2.03. The van der Waals surface area contributed by atoms with Gasteiger partial charge in [-0.15, -0.1) is 0 Å². The number of carbonyl (C=O) groups is 1. The highest BCUT2D eigenvalue weighted by atomic mass is 32.2. The molecule has 2 aromatic rings. The molecule has 1 atom stereocenters. The van der Waals surface area contributed by atoms with E-state index in [1.165, 1.54) is 24.3 Å². The monoisotopic (exact) mass is 348 g/mol. The molecule has 0 aliphatic rings. The SMILES string of the molecule is CCC(C)c1cccc(OCC(=O)c2ccc(S(=O)(=O)O)cc2)c1. The molecule has 6 heteroatoms. The summed E-state index contributed by atoms with van der Waals surface area (Å²) in [7, 11) is -4.26. The maximum absolute atomic E-state index is 12.1. The Bertz CT molecular complexity index is 810. The first-order valence-electron chi connectivity index (χ1n) is 7.64. The first-order chi connectivity index (χ1) is 11.3. The van der Waals surface area contributed by atoms with Crippen LogP contribution in [0.2, 0.25) is 0 Å². The second kappa shape index (κ2) is 7.59. The topological polar surface area (TPSA) is 80.7 Å². The summed E-state index contributed by atoms with van der Waals surface area (Å²) < 4.78 is 36.4. The highest BCUT2D eigenvalue weighted by Gasteiger charge is 2.12. The number of ether oxygens (including phenoxy) is 1. The summed E-state index contributed by atoms with van der Waals surface area (Å²) in [6, 6.07) is 12.7. The fourth-order valence-corrected chi connectivity index (χ4v) is 2.67. The van der Waals surface area contributed by atoms with Crippen molar-refractivity contribution in [1.29, 1.82) is 0 Å². The van der Waals surface area contributed by atoms with Crippen LogP contribution in [0.4, 0.5) is 0 Å². The van der Waals surface area contributed by atoms with Crippen LogP contribution in [0.1, 0.15) is 42.1 Å². The van der Waals surface area contributed by atoms with Gasteiger partial charge in [0.1, 0.15) is 5.75 Å². The van der Waals surface area contributed by atoms with Gasteiger partial charge in [0, 0.05) is 5.56 Å². The minimum absolute atomic E-state index is 0.144. The van der Waals surface area contributed by atoms with Crippen LogP contribution in [0, 0.1) is 0 Å². The average Bonchev–Trinajstić information content (AvgIpc) is 2.58. The maximum atomic E-state index is 12.1. The molecule has 0 aliphatic carbocycles. The van der Waals surface area contributed by atoms with Crippen molar-refractivity contribution < 1.29 is 22.5 Å². The standard InChI is InChI=1S/C18H20O5S/c1-3-13(2)15-5-4-6-16(11-15)23-12-18(19)14-7-9-17(10-8-14)24(20,21)22/h4-11,13H,3,12H2,1-2H3,(H,20,21,22). The predicted octanol–water partition coefficient (Wildman–Crippen LogP) is 3.71. The van der Waals surface area contributed by atoms with Gasteiger partial charge in [-0.2, -0.15) is 8.42 Å². The van der Waals surface area contributed by atoms with Gasteiger partial charge in [-0.3, -0.25) is 9.35 Å². The molecule has 5 nitrogen and oxygen atoms in total. The molecule has 24 heavy (non-hydrogen) atoms. The van der Waals surface area contributed by atoms with Crippen molar-refractivity contribution in [1.82, 2.24) is 0 Å². The third kappa shape index (κ3) is 4.66. The van der Waals surface area contributed by atoms with E-state index in [4.69, 9.17) is 9.29 Å². The van der Waals surface area contributed by atoms with E-state index >= 15 is 0 Å². The fraction of sp³-hybridized carbons (Fsp3) is 0.278. The predicted molar refractivity (Wildman–Crippen MR) is 91.2 cm³/mol. The van der Waals surface area contributed by atoms with Crippen molar-refractivity contribution in [2.75, 3.05) is 6.61 Å². The minimum atomic E-state index is -4.26. The Morgan fingerprint density at radius 1 is 1.17 bits per heavy atom. The molecule has 0 radical (unpaired) electrons. The van der Waals surface area contributed by atoms with Crippen molar-refractivity contribution in [3.63, 3.8) is 0 Å². The quantitative estimate of drug-likeness (QED) is 0.609. The van der Waals surface area contributed by atoms with Gasteiger partial charge in [0.25, 0.3) is 10.1 Å². The van der Waals surface area contributed by atoms with E-state index in [9.17, 15) is 13.2 Å². The number of hydrogen-bond acceptors (Lipinski definition) is 4. The van der Waals surface area contributed by atoms with E-state index in [1.807, 2.05) is 18.2 Å². The number of hydrogen-bond donors (Lipinski definition) is 1. The Labute approximate surface area is 142 Å². The van der Waals surface area contributed by atoms with E-state index in [-0.39, 0.29) is 17.3 Å². The van der Waals surface area contributed by atoms with Gasteiger partial charge in [0.15, 0.2) is 12.4 Å². The van der Waals surface area contributed by atoms with Crippen molar-refractivity contribution in [2.24, 2.45) is 0 Å². The summed E-state index contributed by atoms with van der Waals surface area (Å²) in [5.74, 6) is 0.763. The molecule has 0 saturated carbocycles. The van der Waals surface area contributed by atoms with Crippen molar-refractivity contribution in [3.8, 4) is 5.75 Å². The number of ketones is 1. The second-order valence-electron chi connectivity index (χ2n) is 5.59. The number of Topliss-reactive ketones (excluding diaryl/α,β-unsaturated/α-hetero) is 1. The van der Waals surface area contributed by atoms with E-state index in [2.05, 4.69) is 13.8 Å². The molecule has 0 fully saturated rings. The molecule has 2 rings (SSSR count). The van der Waals surface area contributed by atoms with Crippen molar-refractivity contribution >= 4 is 15.9 Å². The van der Waals surface area contributed by atoms with Crippen LogP contribution < -0.4 is 4.74 Å². The molecule has 1 unspecified atom stereocenters. The van der Waals surface area contributed by atoms with Crippen LogP contribution in [0.3, 0.4) is 0 Å². The zero-order valence-electron chi connectivity index (χ0n) is 13.6. The van der Waals surface area contributed by atoms with E-state index in [0.29, 0.717) is 17.2 Å². The van der Waals surface area contributed by atoms with Gasteiger partial charge in [0.2, 0.25) is 0 Å². The Morgan fingerprint density at radius 2 is 1.83 bits per heavy atom. The molecule has 0 spiro atoms. The number of benzene rings is 2. The molecule has 128 valence electrons. The van der Waals surface area contributed by atoms with Crippen molar-refractivity contribution in [3.05, 3.63) is 59.7 Å². The number of carbonyl (C=O) groups excluding carboxylic acids is 1. The summed E-state index contributed by atoms with van der Waals surface area (Å²) in [5.41, 5.74) is 1.47. The lowest BCUT2D eigenvalue weighted by atomic mass is 9.99. The zero-order chi connectivity index (χ0) is 17.7. The zero-order valence-corrected chi connectivity index (χ0v) is 14.4. The molecular weight excluding hydrogens is 328 g/mol. The molecule has 1 N–H and O–H groups in total. The molecule has 0 bridgehead atoms. The Kier molecular flexibility index (Phi) is 5.75. The van der Waals surface area contributed by atoms with Gasteiger partial charge in [0.05, 0.1) is 4.90 Å². The van der Waals surface area contributed by atoms with Crippen LogP contribution in [-0.4, -0.2) is 25.4 Å². The smallest absolute Gasteiger partial charge is 0.294 e.